The number of hydrogen-bond acceptors (Lipinski definition) is 4. The molecule has 0 aliphatic rings. The number of carbonyl (C=O) groups excluding carboxylic acids is 1. The van der Waals surface area contributed by atoms with Crippen LogP contribution in [0.1, 0.15) is 10.4 Å². The van der Waals surface area contributed by atoms with Crippen LogP contribution in [0, 0.1) is 0 Å². The second-order valence-electron chi connectivity index (χ2n) is 6.37. The van der Waals surface area contributed by atoms with E-state index in [-0.39, 0.29) is 17.0 Å². The summed E-state index contributed by atoms with van der Waals surface area (Å²) in [5.41, 5.74) is 1.29. The Labute approximate surface area is 176 Å². The SMILES string of the molecule is C=CCN(c1ccccc1)S(=O)(=O)c1cccc(C(=O)Nc2cccc(OC)c2)c1. The van der Waals surface area contributed by atoms with Gasteiger partial charge >= 0.3 is 0 Å². The summed E-state index contributed by atoms with van der Waals surface area (Å²) in [6.07, 6.45) is 1.52. The summed E-state index contributed by atoms with van der Waals surface area (Å²) in [4.78, 5) is 12.7. The summed E-state index contributed by atoms with van der Waals surface area (Å²) in [6, 6.07) is 21.6. The molecule has 1 N–H and O–H groups in total. The fourth-order valence-corrected chi connectivity index (χ4v) is 4.36. The molecule has 0 radical (unpaired) electrons. The molecule has 0 bridgehead atoms. The molecule has 3 aromatic rings. The molecule has 0 atom stereocenters. The number of amides is 1. The van der Waals surface area contributed by atoms with E-state index in [1.54, 1.807) is 60.7 Å². The average Bonchev–Trinajstić information content (AvgIpc) is 2.78. The summed E-state index contributed by atoms with van der Waals surface area (Å²) in [7, 11) is -2.36. The predicted molar refractivity (Wildman–Crippen MR) is 119 cm³/mol. The van der Waals surface area contributed by atoms with Gasteiger partial charge in [-0.15, -0.1) is 6.58 Å². The first-order valence-electron chi connectivity index (χ1n) is 9.20. The Morgan fingerprint density at radius 1 is 1.03 bits per heavy atom. The highest BCUT2D eigenvalue weighted by Gasteiger charge is 2.24. The van der Waals surface area contributed by atoms with Crippen LogP contribution in [0.2, 0.25) is 0 Å². The number of sulfonamides is 1. The number of benzene rings is 3. The van der Waals surface area contributed by atoms with E-state index >= 15 is 0 Å². The van der Waals surface area contributed by atoms with Gasteiger partial charge in [-0.2, -0.15) is 0 Å². The molecule has 0 heterocycles. The van der Waals surface area contributed by atoms with Crippen LogP contribution in [0.3, 0.4) is 0 Å². The minimum absolute atomic E-state index is 0.0199. The summed E-state index contributed by atoms with van der Waals surface area (Å²) in [5, 5.41) is 2.75. The van der Waals surface area contributed by atoms with E-state index < -0.39 is 15.9 Å². The number of nitrogens with one attached hydrogen (secondary N) is 1. The van der Waals surface area contributed by atoms with Gasteiger partial charge in [-0.05, 0) is 42.5 Å². The molecule has 7 heteroatoms. The van der Waals surface area contributed by atoms with Crippen LogP contribution in [-0.4, -0.2) is 28.0 Å². The normalized spacial score (nSPS) is 10.8. The van der Waals surface area contributed by atoms with Gasteiger partial charge in [0.2, 0.25) is 0 Å². The van der Waals surface area contributed by atoms with Gasteiger partial charge in [0.15, 0.2) is 0 Å². The van der Waals surface area contributed by atoms with Gasteiger partial charge in [0.1, 0.15) is 5.75 Å². The molecule has 6 nitrogen and oxygen atoms in total. The molecule has 0 aliphatic heterocycles. The van der Waals surface area contributed by atoms with E-state index in [2.05, 4.69) is 11.9 Å². The molecule has 0 aromatic heterocycles. The van der Waals surface area contributed by atoms with Gasteiger partial charge in [0, 0.05) is 17.3 Å². The monoisotopic (exact) mass is 422 g/mol. The number of methoxy groups -OCH3 is 1. The first-order chi connectivity index (χ1) is 14.5. The Balaban J connectivity index is 1.91. The summed E-state index contributed by atoms with van der Waals surface area (Å²) < 4.78 is 32.9. The molecule has 1 amide bonds. The topological polar surface area (TPSA) is 75.7 Å². The molecule has 154 valence electrons. The number of ether oxygens (including phenoxy) is 1. The van der Waals surface area contributed by atoms with Crippen molar-refractivity contribution in [3.05, 3.63) is 97.1 Å². The lowest BCUT2D eigenvalue weighted by Gasteiger charge is -2.23. The van der Waals surface area contributed by atoms with E-state index in [4.69, 9.17) is 4.74 Å². The molecular weight excluding hydrogens is 400 g/mol. The van der Waals surface area contributed by atoms with Gasteiger partial charge in [-0.3, -0.25) is 9.10 Å². The van der Waals surface area contributed by atoms with Crippen molar-refractivity contribution in [2.75, 3.05) is 23.3 Å². The third-order valence-electron chi connectivity index (χ3n) is 4.35. The summed E-state index contributed by atoms with van der Waals surface area (Å²) >= 11 is 0. The maximum Gasteiger partial charge on any atom is 0.264 e. The lowest BCUT2D eigenvalue weighted by Crippen LogP contribution is -2.31. The number of carbonyl (C=O) groups is 1. The molecule has 0 unspecified atom stereocenters. The maximum atomic E-state index is 13.3. The zero-order chi connectivity index (χ0) is 21.6. The largest absolute Gasteiger partial charge is 0.497 e. The Hall–Kier alpha value is -3.58. The Morgan fingerprint density at radius 2 is 1.77 bits per heavy atom. The Bertz CT molecular complexity index is 1140. The average molecular weight is 423 g/mol. The maximum absolute atomic E-state index is 13.3. The number of anilines is 2. The van der Waals surface area contributed by atoms with Gasteiger partial charge in [-0.25, -0.2) is 8.42 Å². The zero-order valence-electron chi connectivity index (χ0n) is 16.5. The first kappa shape index (κ1) is 21.1. The van der Waals surface area contributed by atoms with E-state index in [0.29, 0.717) is 17.1 Å². The van der Waals surface area contributed by atoms with E-state index in [1.165, 1.54) is 29.6 Å². The second kappa shape index (κ2) is 9.28. The van der Waals surface area contributed by atoms with Crippen LogP contribution in [-0.2, 0) is 10.0 Å². The highest BCUT2D eigenvalue weighted by molar-refractivity contribution is 7.92. The van der Waals surface area contributed by atoms with Crippen molar-refractivity contribution in [2.45, 2.75) is 4.90 Å². The standard InChI is InChI=1S/C23H22N2O4S/c1-3-15-25(20-11-5-4-6-12-20)30(27,28)22-14-7-9-18(16-22)23(26)24-19-10-8-13-21(17-19)29-2/h3-14,16-17H,1,15H2,2H3,(H,24,26). The van der Waals surface area contributed by atoms with Crippen molar-refractivity contribution < 1.29 is 17.9 Å². The van der Waals surface area contributed by atoms with Crippen molar-refractivity contribution in [2.24, 2.45) is 0 Å². The molecular formula is C23H22N2O4S. The quantitative estimate of drug-likeness (QED) is 0.548. The van der Waals surface area contributed by atoms with E-state index in [1.807, 2.05) is 6.07 Å². The third kappa shape index (κ3) is 4.69. The van der Waals surface area contributed by atoms with Crippen molar-refractivity contribution in [3.63, 3.8) is 0 Å². The van der Waals surface area contributed by atoms with Gasteiger partial charge in [0.25, 0.3) is 15.9 Å². The van der Waals surface area contributed by atoms with Crippen molar-refractivity contribution in [3.8, 4) is 5.75 Å². The molecule has 0 saturated heterocycles. The van der Waals surface area contributed by atoms with Crippen molar-refractivity contribution in [1.82, 2.24) is 0 Å². The number of nitrogens with zero attached hydrogens (tertiary/aromatic N) is 1. The molecule has 0 spiro atoms. The molecule has 0 aliphatic carbocycles. The van der Waals surface area contributed by atoms with Crippen LogP contribution in [0.4, 0.5) is 11.4 Å². The Morgan fingerprint density at radius 3 is 2.47 bits per heavy atom. The van der Waals surface area contributed by atoms with Crippen LogP contribution < -0.4 is 14.4 Å². The van der Waals surface area contributed by atoms with Crippen LogP contribution in [0.15, 0.2) is 96.4 Å². The van der Waals surface area contributed by atoms with Gasteiger partial charge < -0.3 is 10.1 Å². The van der Waals surface area contributed by atoms with Crippen LogP contribution in [0.25, 0.3) is 0 Å². The number of para-hydroxylation sites is 1. The highest BCUT2D eigenvalue weighted by Crippen LogP contribution is 2.24. The highest BCUT2D eigenvalue weighted by atomic mass is 32.2. The van der Waals surface area contributed by atoms with Crippen LogP contribution >= 0.6 is 0 Å². The third-order valence-corrected chi connectivity index (χ3v) is 6.14. The lowest BCUT2D eigenvalue weighted by atomic mass is 10.2. The summed E-state index contributed by atoms with van der Waals surface area (Å²) in [5.74, 6) is 0.183. The minimum atomic E-state index is -3.89. The molecule has 3 aromatic carbocycles. The second-order valence-corrected chi connectivity index (χ2v) is 8.24. The zero-order valence-corrected chi connectivity index (χ0v) is 17.3. The summed E-state index contributed by atoms with van der Waals surface area (Å²) in [6.45, 7) is 3.76. The van der Waals surface area contributed by atoms with Crippen molar-refractivity contribution in [1.29, 1.82) is 0 Å². The minimum Gasteiger partial charge on any atom is -0.497 e. The van der Waals surface area contributed by atoms with Crippen molar-refractivity contribution >= 4 is 27.3 Å². The first-order valence-corrected chi connectivity index (χ1v) is 10.6. The number of hydrogen-bond donors (Lipinski definition) is 1. The van der Waals surface area contributed by atoms with E-state index in [0.717, 1.165) is 0 Å². The molecule has 0 fully saturated rings. The lowest BCUT2D eigenvalue weighted by molar-refractivity contribution is 0.102. The smallest absolute Gasteiger partial charge is 0.264 e. The molecule has 3 rings (SSSR count). The molecule has 30 heavy (non-hydrogen) atoms. The molecule has 0 saturated carbocycles. The van der Waals surface area contributed by atoms with E-state index in [9.17, 15) is 13.2 Å². The fourth-order valence-electron chi connectivity index (χ4n) is 2.88. The fraction of sp³-hybridized carbons (Fsp3) is 0.0870. The predicted octanol–water partition coefficient (Wildman–Crippen LogP) is 4.33. The number of rotatable bonds is 8. The van der Waals surface area contributed by atoms with Gasteiger partial charge in [0.05, 0.1) is 24.2 Å². The Kier molecular flexibility index (Phi) is 6.54. The van der Waals surface area contributed by atoms with Crippen LogP contribution in [0.5, 0.6) is 5.75 Å². The van der Waals surface area contributed by atoms with Gasteiger partial charge in [-0.1, -0.05) is 36.4 Å².